The Hall–Kier alpha value is -0.480. The van der Waals surface area contributed by atoms with Crippen molar-refractivity contribution in [3.05, 3.63) is 28.2 Å². The zero-order valence-electron chi connectivity index (χ0n) is 12.5. The van der Waals surface area contributed by atoms with Crippen LogP contribution >= 0.6 is 23.2 Å². The summed E-state index contributed by atoms with van der Waals surface area (Å²) in [7, 11) is 1.91. The van der Waals surface area contributed by atoms with Crippen molar-refractivity contribution in [2.75, 3.05) is 20.2 Å². The minimum Gasteiger partial charge on any atom is -0.486 e. The first-order valence-electron chi connectivity index (χ1n) is 6.72. The summed E-state index contributed by atoms with van der Waals surface area (Å²) in [6, 6.07) is 5.23. The molecule has 3 nitrogen and oxygen atoms in total. The molecule has 0 bridgehead atoms. The normalized spacial score (nSPS) is 13.3. The van der Waals surface area contributed by atoms with Crippen molar-refractivity contribution >= 4 is 23.2 Å². The van der Waals surface area contributed by atoms with Gasteiger partial charge in [0.05, 0.1) is 17.2 Å². The van der Waals surface area contributed by atoms with Crippen LogP contribution in [0.4, 0.5) is 0 Å². The molecule has 1 unspecified atom stereocenters. The van der Waals surface area contributed by atoms with Crippen LogP contribution in [0.2, 0.25) is 10.0 Å². The van der Waals surface area contributed by atoms with E-state index in [1.807, 2.05) is 27.8 Å². The highest BCUT2D eigenvalue weighted by Gasteiger charge is 2.17. The van der Waals surface area contributed by atoms with Gasteiger partial charge in [-0.2, -0.15) is 0 Å². The summed E-state index contributed by atoms with van der Waals surface area (Å²) in [6.07, 6.45) is 0.784. The van der Waals surface area contributed by atoms with E-state index in [-0.39, 0.29) is 11.7 Å². The zero-order chi connectivity index (χ0) is 15.2. The second kappa shape index (κ2) is 8.08. The summed E-state index contributed by atoms with van der Waals surface area (Å²) < 4.78 is 11.7. The van der Waals surface area contributed by atoms with E-state index in [1.165, 1.54) is 0 Å². The Morgan fingerprint density at radius 2 is 1.95 bits per heavy atom. The molecular weight excluding hydrogens is 297 g/mol. The first-order valence-corrected chi connectivity index (χ1v) is 7.47. The molecule has 1 N–H and O–H groups in total. The lowest BCUT2D eigenvalue weighted by Crippen LogP contribution is -2.32. The van der Waals surface area contributed by atoms with Gasteiger partial charge >= 0.3 is 0 Å². The molecule has 1 aromatic carbocycles. The predicted molar refractivity (Wildman–Crippen MR) is 85.1 cm³/mol. The first kappa shape index (κ1) is 17.6. The van der Waals surface area contributed by atoms with Gasteiger partial charge in [-0.1, -0.05) is 23.2 Å². The van der Waals surface area contributed by atoms with Crippen LogP contribution in [0.5, 0.6) is 5.75 Å². The van der Waals surface area contributed by atoms with Gasteiger partial charge in [0.2, 0.25) is 0 Å². The third kappa shape index (κ3) is 6.80. The topological polar surface area (TPSA) is 30.5 Å². The molecule has 0 amide bonds. The van der Waals surface area contributed by atoms with Gasteiger partial charge in [0.25, 0.3) is 0 Å². The monoisotopic (exact) mass is 319 g/mol. The Morgan fingerprint density at radius 1 is 1.25 bits per heavy atom. The van der Waals surface area contributed by atoms with Crippen LogP contribution in [0.15, 0.2) is 18.2 Å². The summed E-state index contributed by atoms with van der Waals surface area (Å²) in [4.78, 5) is 0. The van der Waals surface area contributed by atoms with Crippen LogP contribution in [0, 0.1) is 0 Å². The van der Waals surface area contributed by atoms with Crippen LogP contribution in [0.25, 0.3) is 0 Å². The van der Waals surface area contributed by atoms with E-state index >= 15 is 0 Å². The van der Waals surface area contributed by atoms with Crippen LogP contribution < -0.4 is 10.1 Å². The highest BCUT2D eigenvalue weighted by molar-refractivity contribution is 6.35. The molecule has 5 heteroatoms. The molecule has 1 aromatic rings. The quantitative estimate of drug-likeness (QED) is 0.818. The Bertz CT molecular complexity index is 419. The van der Waals surface area contributed by atoms with Crippen molar-refractivity contribution in [3.63, 3.8) is 0 Å². The molecule has 0 aromatic heterocycles. The summed E-state index contributed by atoms with van der Waals surface area (Å²) in [5.41, 5.74) is -0.189. The number of nitrogens with one attached hydrogen (secondary N) is 1. The lowest BCUT2D eigenvalue weighted by atomic mass is 10.2. The van der Waals surface area contributed by atoms with Crippen LogP contribution in [0.3, 0.4) is 0 Å². The van der Waals surface area contributed by atoms with Gasteiger partial charge in [-0.25, -0.2) is 0 Å². The van der Waals surface area contributed by atoms with E-state index in [1.54, 1.807) is 18.2 Å². The van der Waals surface area contributed by atoms with Gasteiger partial charge in [-0.05, 0) is 59.0 Å². The predicted octanol–water partition coefficient (Wildman–Crippen LogP) is 4.17. The van der Waals surface area contributed by atoms with E-state index in [0.29, 0.717) is 22.4 Å². The molecule has 0 aliphatic heterocycles. The van der Waals surface area contributed by atoms with Crippen molar-refractivity contribution in [1.82, 2.24) is 5.32 Å². The lowest BCUT2D eigenvalue weighted by molar-refractivity contribution is -0.0432. The SMILES string of the molecule is CNCCC(COC(C)(C)C)Oc1ccc(Cl)cc1Cl. The molecular formula is C15H23Cl2NO2. The lowest BCUT2D eigenvalue weighted by Gasteiger charge is -2.25. The fourth-order valence-electron chi connectivity index (χ4n) is 1.57. The molecule has 114 valence electrons. The highest BCUT2D eigenvalue weighted by atomic mass is 35.5. The van der Waals surface area contributed by atoms with Crippen molar-refractivity contribution < 1.29 is 9.47 Å². The third-order valence-corrected chi connectivity index (χ3v) is 3.14. The van der Waals surface area contributed by atoms with Crippen LogP contribution in [-0.4, -0.2) is 31.9 Å². The van der Waals surface area contributed by atoms with E-state index < -0.39 is 0 Å². The van der Waals surface area contributed by atoms with Crippen molar-refractivity contribution in [2.24, 2.45) is 0 Å². The van der Waals surface area contributed by atoms with Gasteiger partial charge in [0, 0.05) is 5.02 Å². The Kier molecular flexibility index (Phi) is 7.10. The minimum absolute atomic E-state index is 0.0552. The number of rotatable bonds is 7. The molecule has 0 aliphatic carbocycles. The van der Waals surface area contributed by atoms with Gasteiger partial charge in [-0.15, -0.1) is 0 Å². The van der Waals surface area contributed by atoms with Crippen molar-refractivity contribution in [3.8, 4) is 5.75 Å². The molecule has 0 saturated carbocycles. The number of halogens is 2. The molecule has 0 fully saturated rings. The second-order valence-electron chi connectivity index (χ2n) is 5.63. The third-order valence-electron chi connectivity index (χ3n) is 2.61. The molecule has 0 spiro atoms. The maximum absolute atomic E-state index is 6.13. The van der Waals surface area contributed by atoms with Gasteiger partial charge in [-0.3, -0.25) is 0 Å². The fraction of sp³-hybridized carbons (Fsp3) is 0.600. The molecule has 0 radical (unpaired) electrons. The molecule has 20 heavy (non-hydrogen) atoms. The van der Waals surface area contributed by atoms with Crippen LogP contribution in [-0.2, 0) is 4.74 Å². The van der Waals surface area contributed by atoms with E-state index in [9.17, 15) is 0 Å². The average molecular weight is 320 g/mol. The number of hydrogen-bond acceptors (Lipinski definition) is 3. The Balaban J connectivity index is 2.67. The second-order valence-corrected chi connectivity index (χ2v) is 6.47. The number of ether oxygens (including phenoxy) is 2. The van der Waals surface area contributed by atoms with Crippen molar-refractivity contribution in [1.29, 1.82) is 0 Å². The average Bonchev–Trinajstić information content (AvgIpc) is 2.34. The molecule has 0 aliphatic rings. The minimum atomic E-state index is -0.189. The maximum Gasteiger partial charge on any atom is 0.138 e. The summed E-state index contributed by atoms with van der Waals surface area (Å²) in [5, 5.41) is 4.23. The van der Waals surface area contributed by atoms with Gasteiger partial charge < -0.3 is 14.8 Å². The van der Waals surface area contributed by atoms with Crippen LogP contribution in [0.1, 0.15) is 27.2 Å². The maximum atomic E-state index is 6.13. The number of benzene rings is 1. The van der Waals surface area contributed by atoms with E-state index in [4.69, 9.17) is 32.7 Å². The largest absolute Gasteiger partial charge is 0.486 e. The highest BCUT2D eigenvalue weighted by Crippen LogP contribution is 2.28. The molecule has 0 heterocycles. The Morgan fingerprint density at radius 3 is 2.50 bits per heavy atom. The fourth-order valence-corrected chi connectivity index (χ4v) is 2.03. The van der Waals surface area contributed by atoms with Gasteiger partial charge in [0.15, 0.2) is 0 Å². The van der Waals surface area contributed by atoms with Crippen molar-refractivity contribution in [2.45, 2.75) is 38.9 Å². The zero-order valence-corrected chi connectivity index (χ0v) is 14.0. The molecule has 0 saturated heterocycles. The number of hydrogen-bond donors (Lipinski definition) is 1. The molecule has 1 atom stereocenters. The van der Waals surface area contributed by atoms with E-state index in [2.05, 4.69) is 5.32 Å². The summed E-state index contributed by atoms with van der Waals surface area (Å²) in [5.74, 6) is 0.634. The smallest absolute Gasteiger partial charge is 0.138 e. The standard InChI is InChI=1S/C15H23Cl2NO2/c1-15(2,3)19-10-12(7-8-18-4)20-14-6-5-11(16)9-13(14)17/h5-6,9,12,18H,7-8,10H2,1-4H3. The summed E-state index contributed by atoms with van der Waals surface area (Å²) >= 11 is 12.0. The molecule has 1 rings (SSSR count). The van der Waals surface area contributed by atoms with E-state index in [0.717, 1.165) is 13.0 Å². The summed E-state index contributed by atoms with van der Waals surface area (Å²) in [6.45, 7) is 7.44. The first-order chi connectivity index (χ1) is 9.31. The van der Waals surface area contributed by atoms with Gasteiger partial charge in [0.1, 0.15) is 11.9 Å². The Labute approximate surface area is 131 Å².